The predicted molar refractivity (Wildman–Crippen MR) is 226 cm³/mol. The smallest absolute Gasteiger partial charge is 0.417 e. The molecule has 3 amide bonds. The standard InChI is InChI=1S/C44H48ClF3N6O5S/c1-6-30-20-35(54-42(60)53(41(58)43(54,4)5)34-9-7-32(22-49)37(21-34)44(46,47)48)10-11-38(30)59-14-13-51-23-27(3)52(24-26(51)2)25-36(55)19-29-15-28(17-33(45)18-29)16-31-8-12-39(56)50-40(31)57/h7,9-11,15,17-18,20-21,26-27,31H,6,8,12-14,16,19,23-25H2,1-5H3,(H,50,56,57)/t26-,27-,31?/m0/s1. The van der Waals surface area contributed by atoms with Crippen molar-refractivity contribution in [2.24, 2.45) is 5.92 Å². The lowest BCUT2D eigenvalue weighted by Crippen LogP contribution is -2.58. The van der Waals surface area contributed by atoms with Crippen molar-refractivity contribution in [1.82, 2.24) is 15.1 Å². The fourth-order valence-corrected chi connectivity index (χ4v) is 9.12. The van der Waals surface area contributed by atoms with Gasteiger partial charge in [-0.15, -0.1) is 0 Å². The third-order valence-electron chi connectivity index (χ3n) is 11.6. The molecule has 3 atom stereocenters. The fraction of sp³-hybridized carbons (Fsp3) is 0.455. The van der Waals surface area contributed by atoms with E-state index < -0.39 is 28.7 Å². The molecule has 0 saturated carbocycles. The third-order valence-corrected chi connectivity index (χ3v) is 12.1. The lowest BCUT2D eigenvalue weighted by Gasteiger charge is -2.43. The molecule has 0 aliphatic carbocycles. The van der Waals surface area contributed by atoms with Crippen LogP contribution in [0.5, 0.6) is 5.75 Å². The number of hydrogen-bond donors (Lipinski definition) is 1. The number of piperidine rings is 1. The number of halogens is 4. The Morgan fingerprint density at radius 3 is 2.37 bits per heavy atom. The molecule has 3 aromatic rings. The number of rotatable bonds is 13. The zero-order valence-electron chi connectivity index (χ0n) is 34.2. The van der Waals surface area contributed by atoms with Gasteiger partial charge >= 0.3 is 6.18 Å². The molecule has 6 rings (SSSR count). The van der Waals surface area contributed by atoms with Crippen molar-refractivity contribution < 1.29 is 37.1 Å². The summed E-state index contributed by atoms with van der Waals surface area (Å²) in [6, 6.07) is 15.9. The Kier molecular flexibility index (Phi) is 13.4. The van der Waals surface area contributed by atoms with Crippen LogP contribution in [0.1, 0.15) is 75.3 Å². The number of imide groups is 1. The van der Waals surface area contributed by atoms with Gasteiger partial charge in [-0.25, -0.2) is 0 Å². The summed E-state index contributed by atoms with van der Waals surface area (Å²) in [6.45, 7) is 12.3. The summed E-state index contributed by atoms with van der Waals surface area (Å²) in [5.74, 6) is -0.624. The predicted octanol–water partition coefficient (Wildman–Crippen LogP) is 6.89. The van der Waals surface area contributed by atoms with Crippen molar-refractivity contribution in [2.75, 3.05) is 42.6 Å². The average Bonchev–Trinajstić information content (AvgIpc) is 3.35. The minimum atomic E-state index is -4.80. The number of nitrogens with one attached hydrogen (secondary N) is 1. The molecule has 3 aromatic carbocycles. The number of Topliss-reactive ketones (excluding diaryl/α,β-unsaturated/α-hetero) is 1. The number of benzene rings is 3. The van der Waals surface area contributed by atoms with Gasteiger partial charge in [-0.3, -0.25) is 39.2 Å². The molecule has 16 heteroatoms. The lowest BCUT2D eigenvalue weighted by atomic mass is 9.90. The van der Waals surface area contributed by atoms with Gasteiger partial charge in [0.1, 0.15) is 17.9 Å². The molecule has 1 N–H and O–H groups in total. The van der Waals surface area contributed by atoms with Crippen LogP contribution < -0.4 is 19.9 Å². The second-order valence-corrected chi connectivity index (χ2v) is 17.1. The molecule has 3 aliphatic rings. The molecule has 0 radical (unpaired) electrons. The molecule has 60 heavy (non-hydrogen) atoms. The molecule has 3 aliphatic heterocycles. The zero-order chi connectivity index (χ0) is 43.7. The monoisotopic (exact) mass is 864 g/mol. The number of carbonyl (C=O) groups excluding carboxylic acids is 4. The Morgan fingerprint density at radius 2 is 1.68 bits per heavy atom. The first-order chi connectivity index (χ1) is 28.3. The SMILES string of the molecule is CCc1cc(N2C(=S)N(c3ccc(C#N)c(C(F)(F)F)c3)C(=O)C2(C)C)ccc1OCCN1C[C@H](C)N(CC(=O)Cc2cc(Cl)cc(CC3CCC(=O)NC3=O)c2)C[C@@H]1C. The summed E-state index contributed by atoms with van der Waals surface area (Å²) in [7, 11) is 0. The zero-order valence-corrected chi connectivity index (χ0v) is 35.8. The number of piperazine rings is 1. The molecule has 3 saturated heterocycles. The van der Waals surface area contributed by atoms with Gasteiger partial charge in [0, 0.05) is 61.2 Å². The summed E-state index contributed by atoms with van der Waals surface area (Å²) in [5.41, 5.74) is 0.109. The van der Waals surface area contributed by atoms with Crippen molar-refractivity contribution in [3.63, 3.8) is 0 Å². The molecule has 0 bridgehead atoms. The number of anilines is 2. The van der Waals surface area contributed by atoms with Crippen LogP contribution >= 0.6 is 23.8 Å². The largest absolute Gasteiger partial charge is 0.492 e. The quantitative estimate of drug-likeness (QED) is 0.144. The van der Waals surface area contributed by atoms with Crippen molar-refractivity contribution >= 4 is 63.8 Å². The minimum Gasteiger partial charge on any atom is -0.492 e. The van der Waals surface area contributed by atoms with E-state index in [4.69, 9.17) is 28.6 Å². The number of aryl methyl sites for hydroxylation is 1. The first-order valence-electron chi connectivity index (χ1n) is 20.0. The Hall–Kier alpha value is -4.88. The summed E-state index contributed by atoms with van der Waals surface area (Å²) in [6.07, 6.45) is -2.75. The highest BCUT2D eigenvalue weighted by Crippen LogP contribution is 2.40. The maximum absolute atomic E-state index is 13.8. The van der Waals surface area contributed by atoms with Crippen LogP contribution in [0.15, 0.2) is 54.6 Å². The Morgan fingerprint density at radius 1 is 1.00 bits per heavy atom. The Labute approximate surface area is 358 Å². The topological polar surface area (TPSA) is 126 Å². The summed E-state index contributed by atoms with van der Waals surface area (Å²) >= 11 is 12.1. The van der Waals surface area contributed by atoms with E-state index in [0.717, 1.165) is 40.3 Å². The van der Waals surface area contributed by atoms with Gasteiger partial charge in [-0.1, -0.05) is 24.6 Å². The second-order valence-electron chi connectivity index (χ2n) is 16.3. The van der Waals surface area contributed by atoms with E-state index in [2.05, 4.69) is 29.0 Å². The van der Waals surface area contributed by atoms with Crippen LogP contribution in [0.4, 0.5) is 24.5 Å². The van der Waals surface area contributed by atoms with Gasteiger partial charge in [0.25, 0.3) is 5.91 Å². The Bertz CT molecular complexity index is 2250. The highest BCUT2D eigenvalue weighted by Gasteiger charge is 2.51. The fourth-order valence-electron chi connectivity index (χ4n) is 8.32. The van der Waals surface area contributed by atoms with Crippen molar-refractivity contribution in [3.8, 4) is 11.8 Å². The average molecular weight is 865 g/mol. The van der Waals surface area contributed by atoms with Crippen molar-refractivity contribution in [1.29, 1.82) is 5.26 Å². The summed E-state index contributed by atoms with van der Waals surface area (Å²) in [5, 5.41) is 12.2. The number of carbonyl (C=O) groups is 4. The number of nitrogens with zero attached hydrogens (tertiary/aromatic N) is 5. The van der Waals surface area contributed by atoms with Gasteiger partial charge in [0.2, 0.25) is 11.8 Å². The Balaban J connectivity index is 1.04. The molecule has 0 aromatic heterocycles. The molecule has 0 spiro atoms. The highest BCUT2D eigenvalue weighted by atomic mass is 35.5. The van der Waals surface area contributed by atoms with E-state index in [9.17, 15) is 37.6 Å². The summed E-state index contributed by atoms with van der Waals surface area (Å²) < 4.78 is 47.7. The number of ketones is 1. The van der Waals surface area contributed by atoms with Gasteiger partial charge < -0.3 is 9.64 Å². The van der Waals surface area contributed by atoms with Gasteiger partial charge in [0.15, 0.2) is 10.9 Å². The first kappa shape index (κ1) is 44.7. The van der Waals surface area contributed by atoms with Crippen molar-refractivity contribution in [3.05, 3.63) is 87.4 Å². The maximum atomic E-state index is 13.8. The van der Waals surface area contributed by atoms with Gasteiger partial charge in [0.05, 0.1) is 29.4 Å². The van der Waals surface area contributed by atoms with Gasteiger partial charge in [-0.2, -0.15) is 18.4 Å². The molecular weight excluding hydrogens is 817 g/mol. The maximum Gasteiger partial charge on any atom is 0.417 e. The third kappa shape index (κ3) is 9.68. The molecule has 3 fully saturated rings. The highest BCUT2D eigenvalue weighted by molar-refractivity contribution is 7.81. The number of ether oxygens (including phenoxy) is 1. The molecule has 1 unspecified atom stereocenters. The molecular formula is C44H48ClF3N6O5S. The summed E-state index contributed by atoms with van der Waals surface area (Å²) in [4.78, 5) is 58.2. The van der Waals surface area contributed by atoms with Crippen LogP contribution in [-0.2, 0) is 44.6 Å². The van der Waals surface area contributed by atoms with Crippen LogP contribution in [0, 0.1) is 17.2 Å². The van der Waals surface area contributed by atoms with E-state index in [-0.39, 0.29) is 52.8 Å². The van der Waals surface area contributed by atoms with Crippen LogP contribution in [0.3, 0.4) is 0 Å². The second kappa shape index (κ2) is 18.0. The van der Waals surface area contributed by atoms with Gasteiger partial charge in [-0.05, 0) is 124 Å². The van der Waals surface area contributed by atoms with E-state index in [1.54, 1.807) is 43.0 Å². The number of alkyl halides is 3. The van der Waals surface area contributed by atoms with Crippen LogP contribution in [0.2, 0.25) is 5.02 Å². The van der Waals surface area contributed by atoms with E-state index in [0.29, 0.717) is 68.4 Å². The van der Waals surface area contributed by atoms with Crippen molar-refractivity contribution in [2.45, 2.75) is 90.5 Å². The first-order valence-corrected chi connectivity index (χ1v) is 20.8. The number of hydrogen-bond acceptors (Lipinski definition) is 9. The number of amides is 3. The normalized spacial score (nSPS) is 21.3. The van der Waals surface area contributed by atoms with E-state index in [1.807, 2.05) is 25.1 Å². The number of nitriles is 1. The van der Waals surface area contributed by atoms with Crippen LogP contribution in [-0.4, -0.2) is 88.8 Å². The van der Waals surface area contributed by atoms with E-state index in [1.165, 1.54) is 6.07 Å². The minimum absolute atomic E-state index is 0.0168. The van der Waals surface area contributed by atoms with Crippen LogP contribution in [0.25, 0.3) is 0 Å². The number of thiocarbonyl (C=S) groups is 1. The molecule has 3 heterocycles. The van der Waals surface area contributed by atoms with E-state index >= 15 is 0 Å². The molecule has 318 valence electrons. The molecule has 11 nitrogen and oxygen atoms in total. The lowest BCUT2D eigenvalue weighted by molar-refractivity contribution is -0.138.